The smallest absolute Gasteiger partial charge is 0.147 e. The molecule has 0 unspecified atom stereocenters. The second-order valence-electron chi connectivity index (χ2n) is 3.74. The number of aryl methyl sites for hydroxylation is 1. The molecule has 6 heteroatoms. The van der Waals surface area contributed by atoms with Crippen LogP contribution in [0.5, 0.6) is 0 Å². The van der Waals surface area contributed by atoms with Crippen molar-refractivity contribution in [2.24, 2.45) is 0 Å². The van der Waals surface area contributed by atoms with Crippen LogP contribution in [0.1, 0.15) is 16.3 Å². The number of aliphatic hydroxyl groups is 1. The van der Waals surface area contributed by atoms with Crippen molar-refractivity contribution in [3.05, 3.63) is 34.2 Å². The van der Waals surface area contributed by atoms with Crippen LogP contribution in [0.4, 0.5) is 5.82 Å². The molecule has 0 aliphatic carbocycles. The molecule has 0 radical (unpaired) electrons. The highest BCUT2D eigenvalue weighted by molar-refractivity contribution is 7.09. The average Bonchev–Trinajstić information content (AvgIpc) is 2.75. The summed E-state index contributed by atoms with van der Waals surface area (Å²) in [4.78, 5) is 15.8. The van der Waals surface area contributed by atoms with Gasteiger partial charge in [-0.25, -0.2) is 9.97 Å². The summed E-state index contributed by atoms with van der Waals surface area (Å²) in [5, 5.41) is 8.89. The molecular formula is C11H14N4OS. The van der Waals surface area contributed by atoms with Crippen LogP contribution in [-0.4, -0.2) is 27.1 Å². The van der Waals surface area contributed by atoms with E-state index >= 15 is 0 Å². The van der Waals surface area contributed by atoms with E-state index in [4.69, 9.17) is 5.11 Å². The van der Waals surface area contributed by atoms with E-state index in [2.05, 4.69) is 15.0 Å². The third-order valence-corrected chi connectivity index (χ3v) is 3.39. The van der Waals surface area contributed by atoms with Gasteiger partial charge < -0.3 is 10.0 Å². The van der Waals surface area contributed by atoms with E-state index in [1.54, 1.807) is 23.7 Å². The van der Waals surface area contributed by atoms with Crippen LogP contribution >= 0.6 is 11.3 Å². The highest BCUT2D eigenvalue weighted by Gasteiger charge is 2.08. The van der Waals surface area contributed by atoms with Gasteiger partial charge in [0.05, 0.1) is 42.4 Å². The molecular weight excluding hydrogens is 236 g/mol. The lowest BCUT2D eigenvalue weighted by molar-refractivity contribution is 0.276. The summed E-state index contributed by atoms with van der Waals surface area (Å²) < 4.78 is 0. The first-order chi connectivity index (χ1) is 8.20. The molecule has 17 heavy (non-hydrogen) atoms. The minimum absolute atomic E-state index is 0.0784. The Hall–Kier alpha value is -1.53. The van der Waals surface area contributed by atoms with E-state index in [-0.39, 0.29) is 6.61 Å². The zero-order valence-corrected chi connectivity index (χ0v) is 10.6. The first kappa shape index (κ1) is 11.9. The van der Waals surface area contributed by atoms with Gasteiger partial charge in [0.1, 0.15) is 5.82 Å². The molecule has 0 fully saturated rings. The summed E-state index contributed by atoms with van der Waals surface area (Å²) >= 11 is 1.64. The third kappa shape index (κ3) is 2.78. The highest BCUT2D eigenvalue weighted by atomic mass is 32.1. The molecule has 2 heterocycles. The maximum Gasteiger partial charge on any atom is 0.147 e. The SMILES string of the molecule is Cc1ncsc1CN(C)c1cnc(CO)cn1. The van der Waals surface area contributed by atoms with E-state index in [0.717, 1.165) is 18.1 Å². The molecule has 2 aromatic heterocycles. The first-order valence-electron chi connectivity index (χ1n) is 5.22. The van der Waals surface area contributed by atoms with Crippen molar-refractivity contribution >= 4 is 17.2 Å². The van der Waals surface area contributed by atoms with Crippen LogP contribution in [-0.2, 0) is 13.2 Å². The molecule has 2 aromatic rings. The van der Waals surface area contributed by atoms with Crippen LogP contribution in [0, 0.1) is 6.92 Å². The van der Waals surface area contributed by atoms with Crippen molar-refractivity contribution in [1.82, 2.24) is 15.0 Å². The minimum Gasteiger partial charge on any atom is -0.390 e. The monoisotopic (exact) mass is 250 g/mol. The summed E-state index contributed by atoms with van der Waals surface area (Å²) in [6.45, 7) is 2.69. The van der Waals surface area contributed by atoms with Gasteiger partial charge in [-0.05, 0) is 6.92 Å². The second-order valence-corrected chi connectivity index (χ2v) is 4.68. The number of anilines is 1. The predicted molar refractivity (Wildman–Crippen MR) is 66.9 cm³/mol. The Morgan fingerprint density at radius 2 is 2.12 bits per heavy atom. The zero-order valence-electron chi connectivity index (χ0n) is 9.79. The molecule has 0 atom stereocenters. The second kappa shape index (κ2) is 5.20. The van der Waals surface area contributed by atoms with Crippen molar-refractivity contribution in [3.63, 3.8) is 0 Å². The molecule has 5 nitrogen and oxygen atoms in total. The summed E-state index contributed by atoms with van der Waals surface area (Å²) in [5.41, 5.74) is 3.48. The van der Waals surface area contributed by atoms with Gasteiger partial charge in [0, 0.05) is 11.9 Å². The Labute approximate surface area is 104 Å². The van der Waals surface area contributed by atoms with Crippen LogP contribution in [0.2, 0.25) is 0 Å². The Bertz CT molecular complexity index is 482. The lowest BCUT2D eigenvalue weighted by atomic mass is 10.3. The number of hydrogen-bond acceptors (Lipinski definition) is 6. The van der Waals surface area contributed by atoms with Gasteiger partial charge in [0.25, 0.3) is 0 Å². The fourth-order valence-electron chi connectivity index (χ4n) is 1.40. The molecule has 0 aromatic carbocycles. The van der Waals surface area contributed by atoms with Gasteiger partial charge in [-0.2, -0.15) is 0 Å². The van der Waals surface area contributed by atoms with E-state index in [0.29, 0.717) is 5.69 Å². The lowest BCUT2D eigenvalue weighted by Crippen LogP contribution is -2.18. The molecule has 90 valence electrons. The first-order valence-corrected chi connectivity index (χ1v) is 6.10. The van der Waals surface area contributed by atoms with E-state index in [9.17, 15) is 0 Å². The summed E-state index contributed by atoms with van der Waals surface area (Å²) in [6, 6.07) is 0. The summed E-state index contributed by atoms with van der Waals surface area (Å²) in [7, 11) is 1.96. The van der Waals surface area contributed by atoms with Gasteiger partial charge >= 0.3 is 0 Å². The van der Waals surface area contributed by atoms with E-state index in [1.807, 2.05) is 24.4 Å². The number of thiazole rings is 1. The standard InChI is InChI=1S/C11H14N4OS/c1-8-10(17-7-14-8)5-15(2)11-4-12-9(6-16)3-13-11/h3-4,7,16H,5-6H2,1-2H3. The third-order valence-electron chi connectivity index (χ3n) is 2.47. The fraction of sp³-hybridized carbons (Fsp3) is 0.364. The number of nitrogens with zero attached hydrogens (tertiary/aromatic N) is 4. The van der Waals surface area contributed by atoms with Crippen molar-refractivity contribution in [2.45, 2.75) is 20.1 Å². The van der Waals surface area contributed by atoms with Gasteiger partial charge in [-0.15, -0.1) is 11.3 Å². The van der Waals surface area contributed by atoms with Crippen LogP contribution in [0.25, 0.3) is 0 Å². The summed E-state index contributed by atoms with van der Waals surface area (Å²) in [6.07, 6.45) is 3.26. The maximum atomic E-state index is 8.89. The average molecular weight is 250 g/mol. The van der Waals surface area contributed by atoms with Crippen molar-refractivity contribution < 1.29 is 5.11 Å². The molecule has 0 saturated heterocycles. The molecule has 0 aliphatic rings. The molecule has 0 amide bonds. The van der Waals surface area contributed by atoms with Crippen LogP contribution in [0.15, 0.2) is 17.9 Å². The number of rotatable bonds is 4. The Morgan fingerprint density at radius 1 is 1.29 bits per heavy atom. The molecule has 0 aliphatic heterocycles. The van der Waals surface area contributed by atoms with E-state index < -0.39 is 0 Å². The fourth-order valence-corrected chi connectivity index (χ4v) is 2.23. The lowest BCUT2D eigenvalue weighted by Gasteiger charge is -2.17. The molecule has 1 N–H and O–H groups in total. The topological polar surface area (TPSA) is 62.1 Å². The molecule has 0 spiro atoms. The molecule has 2 rings (SSSR count). The number of hydrogen-bond donors (Lipinski definition) is 1. The number of aromatic nitrogens is 3. The van der Waals surface area contributed by atoms with Gasteiger partial charge in [0.2, 0.25) is 0 Å². The normalized spacial score (nSPS) is 10.5. The summed E-state index contributed by atoms with van der Waals surface area (Å²) in [5.74, 6) is 0.787. The largest absolute Gasteiger partial charge is 0.390 e. The zero-order chi connectivity index (χ0) is 12.3. The highest BCUT2D eigenvalue weighted by Crippen LogP contribution is 2.17. The maximum absolute atomic E-state index is 8.89. The Kier molecular flexibility index (Phi) is 3.65. The predicted octanol–water partition coefficient (Wildman–Crippen LogP) is 1.37. The van der Waals surface area contributed by atoms with Crippen molar-refractivity contribution in [1.29, 1.82) is 0 Å². The van der Waals surface area contributed by atoms with Crippen molar-refractivity contribution in [3.8, 4) is 0 Å². The molecule has 0 saturated carbocycles. The van der Waals surface area contributed by atoms with E-state index in [1.165, 1.54) is 4.88 Å². The quantitative estimate of drug-likeness (QED) is 0.888. The Balaban J connectivity index is 2.09. The van der Waals surface area contributed by atoms with Crippen molar-refractivity contribution in [2.75, 3.05) is 11.9 Å². The van der Waals surface area contributed by atoms with Crippen LogP contribution < -0.4 is 4.90 Å². The van der Waals surface area contributed by atoms with Gasteiger partial charge in [-0.3, -0.25) is 4.98 Å². The Morgan fingerprint density at radius 3 is 2.65 bits per heavy atom. The number of aliphatic hydroxyl groups excluding tert-OH is 1. The van der Waals surface area contributed by atoms with Gasteiger partial charge in [-0.1, -0.05) is 0 Å². The van der Waals surface area contributed by atoms with Crippen LogP contribution in [0.3, 0.4) is 0 Å². The van der Waals surface area contributed by atoms with Gasteiger partial charge in [0.15, 0.2) is 0 Å². The minimum atomic E-state index is -0.0784. The molecule has 0 bridgehead atoms.